The van der Waals surface area contributed by atoms with E-state index >= 15 is 0 Å². The van der Waals surface area contributed by atoms with Gasteiger partial charge in [-0.3, -0.25) is 19.7 Å². The third-order valence-electron chi connectivity index (χ3n) is 6.34. The van der Waals surface area contributed by atoms with Gasteiger partial charge in [-0.15, -0.1) is 0 Å². The molecular formula is C27H29N5O. The molecule has 3 aromatic rings. The Kier molecular flexibility index (Phi) is 6.46. The predicted molar refractivity (Wildman–Crippen MR) is 130 cm³/mol. The average molecular weight is 440 g/mol. The molecule has 2 aliphatic rings. The van der Waals surface area contributed by atoms with Gasteiger partial charge in [0.25, 0.3) is 5.91 Å². The van der Waals surface area contributed by atoms with E-state index in [4.69, 9.17) is 0 Å². The van der Waals surface area contributed by atoms with Crippen LogP contribution >= 0.6 is 0 Å². The van der Waals surface area contributed by atoms with Crippen molar-refractivity contribution in [1.29, 1.82) is 0 Å². The van der Waals surface area contributed by atoms with Crippen LogP contribution in [0.5, 0.6) is 0 Å². The molecule has 6 heteroatoms. The van der Waals surface area contributed by atoms with Gasteiger partial charge in [-0.2, -0.15) is 0 Å². The SMILES string of the molecule is O=C(c1ccccn1)N(C1CCN(Cc2ccccc2)CC1)C1C=CN(c2ccccc2)N1. The number of hydrogen-bond acceptors (Lipinski definition) is 5. The first-order valence-corrected chi connectivity index (χ1v) is 11.6. The molecule has 0 spiro atoms. The number of piperidine rings is 1. The first kappa shape index (κ1) is 21.4. The summed E-state index contributed by atoms with van der Waals surface area (Å²) in [5.74, 6) is -0.0332. The predicted octanol–water partition coefficient (Wildman–Crippen LogP) is 4.05. The maximum Gasteiger partial charge on any atom is 0.274 e. The zero-order valence-electron chi connectivity index (χ0n) is 18.6. The van der Waals surface area contributed by atoms with Gasteiger partial charge in [0, 0.05) is 38.1 Å². The minimum absolute atomic E-state index is 0.0332. The van der Waals surface area contributed by atoms with Crippen LogP contribution in [0.1, 0.15) is 28.9 Å². The van der Waals surface area contributed by atoms with Crippen LogP contribution in [0.15, 0.2) is 97.3 Å². The summed E-state index contributed by atoms with van der Waals surface area (Å²) in [5.41, 5.74) is 6.35. The lowest BCUT2D eigenvalue weighted by molar-refractivity contribution is 0.0452. The van der Waals surface area contributed by atoms with Crippen molar-refractivity contribution in [3.8, 4) is 0 Å². The highest BCUT2D eigenvalue weighted by Crippen LogP contribution is 2.25. The highest BCUT2D eigenvalue weighted by molar-refractivity contribution is 5.93. The van der Waals surface area contributed by atoms with E-state index in [1.165, 1.54) is 5.56 Å². The van der Waals surface area contributed by atoms with Gasteiger partial charge >= 0.3 is 0 Å². The molecular weight excluding hydrogens is 410 g/mol. The molecule has 1 N–H and O–H groups in total. The summed E-state index contributed by atoms with van der Waals surface area (Å²) in [6, 6.07) is 26.4. The highest BCUT2D eigenvalue weighted by atomic mass is 16.2. The van der Waals surface area contributed by atoms with E-state index in [2.05, 4.69) is 51.7 Å². The van der Waals surface area contributed by atoms with E-state index in [1.807, 2.05) is 58.6 Å². The lowest BCUT2D eigenvalue weighted by Crippen LogP contribution is -2.56. The van der Waals surface area contributed by atoms with Crippen molar-refractivity contribution < 1.29 is 4.79 Å². The minimum Gasteiger partial charge on any atom is -0.313 e. The van der Waals surface area contributed by atoms with Gasteiger partial charge < -0.3 is 4.90 Å². The van der Waals surface area contributed by atoms with Gasteiger partial charge in [0.15, 0.2) is 0 Å². The van der Waals surface area contributed by atoms with E-state index in [9.17, 15) is 4.79 Å². The summed E-state index contributed by atoms with van der Waals surface area (Å²) in [5, 5.41) is 1.98. The summed E-state index contributed by atoms with van der Waals surface area (Å²) >= 11 is 0. The highest BCUT2D eigenvalue weighted by Gasteiger charge is 2.35. The molecule has 0 radical (unpaired) electrons. The first-order chi connectivity index (χ1) is 16.3. The van der Waals surface area contributed by atoms with Crippen LogP contribution in [-0.4, -0.2) is 46.0 Å². The lowest BCUT2D eigenvalue weighted by Gasteiger charge is -2.41. The molecule has 1 saturated heterocycles. The number of pyridine rings is 1. The molecule has 1 aromatic heterocycles. The number of para-hydroxylation sites is 1. The standard InChI is InChI=1S/C27H29N5O/c33-27(25-13-7-8-17-28-25)32(26-16-20-31(29-26)23-11-5-2-6-12-23)24-14-18-30(19-15-24)21-22-9-3-1-4-10-22/h1-13,16-17,20,24,26,29H,14-15,18-19,21H2. The zero-order valence-corrected chi connectivity index (χ0v) is 18.6. The number of hydrogen-bond donors (Lipinski definition) is 1. The van der Waals surface area contributed by atoms with E-state index in [0.29, 0.717) is 5.69 Å². The first-order valence-electron chi connectivity index (χ1n) is 11.6. The van der Waals surface area contributed by atoms with Gasteiger partial charge in [-0.05, 0) is 48.7 Å². The number of rotatable bonds is 6. The number of anilines is 1. The Bertz CT molecular complexity index is 1070. The number of likely N-dealkylation sites (tertiary alicyclic amines) is 1. The smallest absolute Gasteiger partial charge is 0.274 e. The molecule has 1 unspecified atom stereocenters. The van der Waals surface area contributed by atoms with Gasteiger partial charge in [0.1, 0.15) is 11.9 Å². The van der Waals surface area contributed by atoms with Crippen LogP contribution in [0.25, 0.3) is 0 Å². The van der Waals surface area contributed by atoms with Gasteiger partial charge in [0.05, 0.1) is 5.69 Å². The Morgan fingerprint density at radius 1 is 0.939 bits per heavy atom. The van der Waals surface area contributed by atoms with E-state index in [-0.39, 0.29) is 18.1 Å². The van der Waals surface area contributed by atoms with Crippen molar-refractivity contribution in [1.82, 2.24) is 20.2 Å². The fourth-order valence-electron chi connectivity index (χ4n) is 4.64. The molecule has 6 nitrogen and oxygen atoms in total. The molecule has 3 heterocycles. The van der Waals surface area contributed by atoms with Crippen LogP contribution in [0.2, 0.25) is 0 Å². The Hall–Kier alpha value is -3.48. The molecule has 2 aliphatic heterocycles. The lowest BCUT2D eigenvalue weighted by atomic mass is 10.0. The fraction of sp³-hybridized carbons (Fsp3) is 0.259. The Balaban J connectivity index is 1.31. The topological polar surface area (TPSA) is 51.7 Å². The average Bonchev–Trinajstić information content (AvgIpc) is 3.37. The summed E-state index contributed by atoms with van der Waals surface area (Å²) in [6.07, 6.45) is 7.39. The number of nitrogens with one attached hydrogen (secondary N) is 1. The van der Waals surface area contributed by atoms with Crippen LogP contribution in [0.4, 0.5) is 5.69 Å². The van der Waals surface area contributed by atoms with Crippen molar-refractivity contribution in [2.24, 2.45) is 0 Å². The number of hydrazine groups is 1. The number of nitrogens with zero attached hydrogens (tertiary/aromatic N) is 4. The monoisotopic (exact) mass is 439 g/mol. The molecule has 33 heavy (non-hydrogen) atoms. The Morgan fingerprint density at radius 3 is 2.33 bits per heavy atom. The molecule has 1 atom stereocenters. The fourth-order valence-corrected chi connectivity index (χ4v) is 4.64. The molecule has 5 rings (SSSR count). The van der Waals surface area contributed by atoms with Gasteiger partial charge in [-0.25, -0.2) is 5.43 Å². The van der Waals surface area contributed by atoms with Crippen LogP contribution in [-0.2, 0) is 6.54 Å². The van der Waals surface area contributed by atoms with E-state index in [0.717, 1.165) is 38.2 Å². The van der Waals surface area contributed by atoms with Crippen molar-refractivity contribution >= 4 is 11.6 Å². The quantitative estimate of drug-likeness (QED) is 0.628. The zero-order chi connectivity index (χ0) is 22.5. The molecule has 168 valence electrons. The second kappa shape index (κ2) is 9.98. The molecule has 1 amide bonds. The molecule has 0 bridgehead atoms. The molecule has 0 saturated carbocycles. The van der Waals surface area contributed by atoms with Crippen molar-refractivity contribution in [2.45, 2.75) is 31.6 Å². The summed E-state index contributed by atoms with van der Waals surface area (Å²) in [4.78, 5) is 22.4. The van der Waals surface area contributed by atoms with Crippen molar-refractivity contribution in [3.05, 3.63) is 109 Å². The van der Waals surface area contributed by atoms with Crippen LogP contribution in [0, 0.1) is 0 Å². The molecule has 2 aromatic carbocycles. The number of benzene rings is 2. The van der Waals surface area contributed by atoms with Crippen molar-refractivity contribution in [2.75, 3.05) is 18.1 Å². The second-order valence-electron chi connectivity index (χ2n) is 8.54. The number of aromatic nitrogens is 1. The Labute approximate surface area is 195 Å². The Morgan fingerprint density at radius 2 is 1.64 bits per heavy atom. The van der Waals surface area contributed by atoms with Gasteiger partial charge in [0.2, 0.25) is 0 Å². The van der Waals surface area contributed by atoms with Crippen LogP contribution in [0.3, 0.4) is 0 Å². The maximum atomic E-state index is 13.6. The summed E-state index contributed by atoms with van der Waals surface area (Å²) in [7, 11) is 0. The summed E-state index contributed by atoms with van der Waals surface area (Å²) < 4.78 is 0. The number of carbonyl (C=O) groups excluding carboxylic acids is 1. The molecule has 1 fully saturated rings. The molecule has 0 aliphatic carbocycles. The normalized spacial score (nSPS) is 19.0. The van der Waals surface area contributed by atoms with E-state index in [1.54, 1.807) is 12.3 Å². The van der Waals surface area contributed by atoms with Gasteiger partial charge in [-0.1, -0.05) is 54.6 Å². The van der Waals surface area contributed by atoms with E-state index < -0.39 is 0 Å². The maximum absolute atomic E-state index is 13.6. The second-order valence-corrected chi connectivity index (χ2v) is 8.54. The summed E-state index contributed by atoms with van der Waals surface area (Å²) in [6.45, 7) is 2.87. The van der Waals surface area contributed by atoms with Crippen molar-refractivity contribution in [3.63, 3.8) is 0 Å². The third kappa shape index (κ3) is 4.97. The third-order valence-corrected chi connectivity index (χ3v) is 6.34. The minimum atomic E-state index is -0.217. The number of carbonyl (C=O) groups is 1. The largest absolute Gasteiger partial charge is 0.313 e. The van der Waals surface area contributed by atoms with Crippen LogP contribution < -0.4 is 10.4 Å². The number of amides is 1.